The van der Waals surface area contributed by atoms with E-state index < -0.39 is 16.0 Å². The molecule has 0 aliphatic rings. The molecule has 5 N–H and O–H groups in total. The van der Waals surface area contributed by atoms with Gasteiger partial charge in [0.1, 0.15) is 10.6 Å². The molecule has 0 radical (unpaired) electrons. The number of aromatic hydroxyl groups is 1. The molecule has 0 spiro atoms. The molecule has 3 rings (SSSR count). The summed E-state index contributed by atoms with van der Waals surface area (Å²) in [6.07, 6.45) is 0. The van der Waals surface area contributed by atoms with E-state index in [9.17, 15) is 22.9 Å². The van der Waals surface area contributed by atoms with Crippen LogP contribution in [0.1, 0.15) is 15.9 Å². The van der Waals surface area contributed by atoms with E-state index in [0.29, 0.717) is 5.69 Å². The number of rotatable bonds is 3. The molecular formula is C18H16N2O5S. The maximum Gasteiger partial charge on any atom is 0.295 e. The zero-order chi connectivity index (χ0) is 19.1. The van der Waals surface area contributed by atoms with Crippen molar-refractivity contribution in [2.24, 2.45) is 0 Å². The van der Waals surface area contributed by atoms with Crippen LogP contribution in [-0.4, -0.2) is 24.0 Å². The molecular weight excluding hydrogens is 356 g/mol. The molecule has 3 aromatic rings. The van der Waals surface area contributed by atoms with E-state index >= 15 is 0 Å². The maximum absolute atomic E-state index is 12.5. The lowest BCUT2D eigenvalue weighted by molar-refractivity contribution is 0.102. The topological polar surface area (TPSA) is 130 Å². The first-order valence-corrected chi connectivity index (χ1v) is 9.02. The van der Waals surface area contributed by atoms with Crippen LogP contribution in [0.25, 0.3) is 10.8 Å². The fourth-order valence-electron chi connectivity index (χ4n) is 2.70. The zero-order valence-electron chi connectivity index (χ0n) is 13.7. The average Bonchev–Trinajstić information content (AvgIpc) is 2.58. The highest BCUT2D eigenvalue weighted by Crippen LogP contribution is 2.35. The molecule has 0 aliphatic carbocycles. The molecule has 0 fully saturated rings. The molecule has 1 amide bonds. The van der Waals surface area contributed by atoms with Gasteiger partial charge in [-0.2, -0.15) is 8.42 Å². The molecule has 0 saturated heterocycles. The highest BCUT2D eigenvalue weighted by Gasteiger charge is 2.18. The van der Waals surface area contributed by atoms with E-state index in [0.717, 1.165) is 5.56 Å². The van der Waals surface area contributed by atoms with Crippen LogP contribution in [0.5, 0.6) is 5.75 Å². The highest BCUT2D eigenvalue weighted by molar-refractivity contribution is 7.86. The van der Waals surface area contributed by atoms with Gasteiger partial charge in [0, 0.05) is 16.5 Å². The van der Waals surface area contributed by atoms with Crippen molar-refractivity contribution in [3.63, 3.8) is 0 Å². The second-order valence-electron chi connectivity index (χ2n) is 5.83. The summed E-state index contributed by atoms with van der Waals surface area (Å²) in [5, 5.41) is 13.3. The minimum absolute atomic E-state index is 0.0934. The molecule has 0 aromatic heterocycles. The lowest BCUT2D eigenvalue weighted by Crippen LogP contribution is -2.14. The summed E-state index contributed by atoms with van der Waals surface area (Å²) in [7, 11) is -4.45. The Balaban J connectivity index is 2.06. The summed E-state index contributed by atoms with van der Waals surface area (Å²) in [5.74, 6) is -0.820. The van der Waals surface area contributed by atoms with Crippen molar-refractivity contribution in [3.8, 4) is 5.75 Å². The van der Waals surface area contributed by atoms with Gasteiger partial charge in [0.2, 0.25) is 0 Å². The van der Waals surface area contributed by atoms with Crippen LogP contribution in [-0.2, 0) is 10.1 Å². The number of nitrogen functional groups attached to an aromatic ring is 1. The summed E-state index contributed by atoms with van der Waals surface area (Å²) < 4.78 is 32.2. The van der Waals surface area contributed by atoms with Gasteiger partial charge < -0.3 is 16.2 Å². The second-order valence-corrected chi connectivity index (χ2v) is 7.22. The van der Waals surface area contributed by atoms with E-state index in [4.69, 9.17) is 5.73 Å². The molecule has 26 heavy (non-hydrogen) atoms. The Morgan fingerprint density at radius 3 is 2.50 bits per heavy atom. The number of carbonyl (C=O) groups is 1. The lowest BCUT2D eigenvalue weighted by atomic mass is 10.1. The predicted octanol–water partition coefficient (Wildman–Crippen LogP) is 2.94. The number of fused-ring (bicyclic) bond motifs is 1. The van der Waals surface area contributed by atoms with E-state index in [1.54, 1.807) is 18.2 Å². The smallest absolute Gasteiger partial charge is 0.295 e. The van der Waals surface area contributed by atoms with E-state index in [-0.39, 0.29) is 32.7 Å². The van der Waals surface area contributed by atoms with Crippen molar-refractivity contribution < 1.29 is 22.9 Å². The first-order chi connectivity index (χ1) is 12.2. The van der Waals surface area contributed by atoms with Crippen LogP contribution in [0.2, 0.25) is 0 Å². The van der Waals surface area contributed by atoms with Gasteiger partial charge in [-0.05, 0) is 31.2 Å². The highest BCUT2D eigenvalue weighted by atomic mass is 32.2. The SMILES string of the molecule is Cc1ccc(N)c(C(=O)Nc2ccc3c(S(=O)(=O)O)cccc3c2O)c1. The number of anilines is 2. The number of aryl methyl sites for hydroxylation is 1. The third-order valence-corrected chi connectivity index (χ3v) is 4.88. The number of carbonyl (C=O) groups excluding carboxylic acids is 1. The molecule has 0 unspecified atom stereocenters. The van der Waals surface area contributed by atoms with Crippen molar-refractivity contribution >= 4 is 38.2 Å². The number of phenolic OH excluding ortho intramolecular Hbond substituents is 1. The summed E-state index contributed by atoms with van der Waals surface area (Å²) in [6, 6.07) is 11.9. The quantitative estimate of drug-likeness (QED) is 0.318. The standard InChI is InChI=1S/C18H16N2O5S/c1-10-5-7-14(19)13(9-10)18(22)20-15-8-6-11-12(17(15)21)3-2-4-16(11)26(23,24)25/h2-9,21H,19H2,1H3,(H,20,22)(H,23,24,25). The average molecular weight is 372 g/mol. The Hall–Kier alpha value is -3.10. The van der Waals surface area contributed by atoms with Crippen LogP contribution in [0.15, 0.2) is 53.4 Å². The Bertz CT molecular complexity index is 1140. The third kappa shape index (κ3) is 3.19. The largest absolute Gasteiger partial charge is 0.505 e. The Kier molecular flexibility index (Phi) is 4.31. The number of nitrogens with one attached hydrogen (secondary N) is 1. The summed E-state index contributed by atoms with van der Waals surface area (Å²) in [5.41, 5.74) is 7.32. The number of amides is 1. The van der Waals surface area contributed by atoms with E-state index in [1.165, 1.54) is 30.3 Å². The molecule has 0 atom stereocenters. The van der Waals surface area contributed by atoms with Gasteiger partial charge in [-0.1, -0.05) is 29.8 Å². The fourth-order valence-corrected chi connectivity index (χ4v) is 3.40. The first kappa shape index (κ1) is 17.7. The van der Waals surface area contributed by atoms with Crippen molar-refractivity contribution in [1.29, 1.82) is 0 Å². The van der Waals surface area contributed by atoms with E-state index in [1.807, 2.05) is 6.92 Å². The van der Waals surface area contributed by atoms with Gasteiger partial charge in [-0.3, -0.25) is 9.35 Å². The molecule has 7 nitrogen and oxygen atoms in total. The molecule has 134 valence electrons. The van der Waals surface area contributed by atoms with Crippen LogP contribution in [0.3, 0.4) is 0 Å². The molecule has 0 saturated carbocycles. The van der Waals surface area contributed by atoms with Crippen molar-refractivity contribution in [2.45, 2.75) is 11.8 Å². The van der Waals surface area contributed by atoms with Crippen LogP contribution in [0.4, 0.5) is 11.4 Å². The lowest BCUT2D eigenvalue weighted by Gasteiger charge is -2.12. The van der Waals surface area contributed by atoms with Gasteiger partial charge in [0.25, 0.3) is 16.0 Å². The summed E-state index contributed by atoms with van der Waals surface area (Å²) >= 11 is 0. The maximum atomic E-state index is 12.5. The predicted molar refractivity (Wildman–Crippen MR) is 99.0 cm³/mol. The Morgan fingerprint density at radius 2 is 1.81 bits per heavy atom. The second kappa shape index (κ2) is 6.32. The minimum Gasteiger partial charge on any atom is -0.505 e. The molecule has 0 bridgehead atoms. The van der Waals surface area contributed by atoms with Crippen molar-refractivity contribution in [1.82, 2.24) is 0 Å². The number of hydrogen-bond donors (Lipinski definition) is 4. The van der Waals surface area contributed by atoms with Crippen LogP contribution in [0, 0.1) is 6.92 Å². The monoisotopic (exact) mass is 372 g/mol. The molecule has 0 heterocycles. The van der Waals surface area contributed by atoms with Gasteiger partial charge in [0.05, 0.1) is 11.3 Å². The van der Waals surface area contributed by atoms with Gasteiger partial charge in [-0.25, -0.2) is 0 Å². The fraction of sp³-hybridized carbons (Fsp3) is 0.0556. The minimum atomic E-state index is -4.45. The Labute approximate surface area is 149 Å². The van der Waals surface area contributed by atoms with E-state index in [2.05, 4.69) is 5.32 Å². The number of benzene rings is 3. The molecule has 8 heteroatoms. The third-order valence-electron chi connectivity index (χ3n) is 3.97. The first-order valence-electron chi connectivity index (χ1n) is 7.58. The van der Waals surface area contributed by atoms with Gasteiger partial charge >= 0.3 is 0 Å². The van der Waals surface area contributed by atoms with Gasteiger partial charge in [0.15, 0.2) is 0 Å². The molecule has 3 aromatic carbocycles. The summed E-state index contributed by atoms with van der Waals surface area (Å²) in [4.78, 5) is 12.1. The normalized spacial score (nSPS) is 11.5. The zero-order valence-corrected chi connectivity index (χ0v) is 14.5. The summed E-state index contributed by atoms with van der Waals surface area (Å²) in [6.45, 7) is 1.82. The van der Waals surface area contributed by atoms with Gasteiger partial charge in [-0.15, -0.1) is 0 Å². The van der Waals surface area contributed by atoms with Crippen molar-refractivity contribution in [2.75, 3.05) is 11.1 Å². The number of nitrogens with two attached hydrogens (primary N) is 1. The van der Waals surface area contributed by atoms with Crippen LogP contribution < -0.4 is 11.1 Å². The number of phenols is 1. The number of hydrogen-bond acceptors (Lipinski definition) is 5. The Morgan fingerprint density at radius 1 is 1.08 bits per heavy atom. The molecule has 0 aliphatic heterocycles. The van der Waals surface area contributed by atoms with Crippen molar-refractivity contribution in [3.05, 3.63) is 59.7 Å². The van der Waals surface area contributed by atoms with Crippen LogP contribution >= 0.6 is 0 Å².